The van der Waals surface area contributed by atoms with Crippen molar-refractivity contribution in [3.05, 3.63) is 0 Å². The average Bonchev–Trinajstić information content (AvgIpc) is 2.55. The topological polar surface area (TPSA) is 90.2 Å². The molecule has 25 heavy (non-hydrogen) atoms. The molecule has 0 aromatic carbocycles. The quantitative estimate of drug-likeness (QED) is 0.270. The second-order valence-electron chi connectivity index (χ2n) is 6.91. The van der Waals surface area contributed by atoms with E-state index in [1.165, 1.54) is 0 Å². The summed E-state index contributed by atoms with van der Waals surface area (Å²) in [5.41, 5.74) is 0.618. The van der Waals surface area contributed by atoms with Crippen molar-refractivity contribution in [2.75, 3.05) is 6.54 Å². The third kappa shape index (κ3) is 16.0. The Morgan fingerprint density at radius 2 is 1.64 bits per heavy atom. The van der Waals surface area contributed by atoms with E-state index < -0.39 is 6.10 Å². The number of nitrogens with one attached hydrogen (secondary N) is 2. The van der Waals surface area contributed by atoms with Crippen molar-refractivity contribution in [2.45, 2.75) is 103 Å². The van der Waals surface area contributed by atoms with E-state index >= 15 is 0 Å². The fraction of sp³-hybridized carbons (Fsp3) is 0.850. The smallest absolute Gasteiger partial charge is 0.220 e. The van der Waals surface area contributed by atoms with Crippen molar-refractivity contribution in [3.8, 4) is 0 Å². The third-order valence-corrected chi connectivity index (χ3v) is 4.24. The molecule has 0 rings (SSSR count). The second kappa shape index (κ2) is 16.2. The van der Waals surface area contributed by atoms with E-state index in [0.29, 0.717) is 50.8 Å². The molecule has 0 aliphatic rings. The molecule has 0 aliphatic heterocycles. The second-order valence-corrected chi connectivity index (χ2v) is 6.91. The molecule has 5 nitrogen and oxygen atoms in total. The summed E-state index contributed by atoms with van der Waals surface area (Å²) in [6, 6.07) is 0. The highest BCUT2D eigenvalue weighted by Gasteiger charge is 2.08. The Bertz CT molecular complexity index is 383. The van der Waals surface area contributed by atoms with Crippen LogP contribution in [-0.2, 0) is 9.59 Å². The predicted octanol–water partition coefficient (Wildman–Crippen LogP) is 4.16. The first-order valence-electron chi connectivity index (χ1n) is 10.0. The fourth-order valence-electron chi connectivity index (χ4n) is 2.75. The molecule has 0 radical (unpaired) electrons. The molecule has 0 heterocycles. The summed E-state index contributed by atoms with van der Waals surface area (Å²) in [4.78, 5) is 23.3. The van der Waals surface area contributed by atoms with Crippen LogP contribution in [0.15, 0.2) is 0 Å². The SMILES string of the molecule is CCCCCC(=O)CCCC(=O)NCCCCC(O)CC(=N)CCC. The molecule has 1 atom stereocenters. The van der Waals surface area contributed by atoms with Crippen LogP contribution in [-0.4, -0.2) is 35.2 Å². The van der Waals surface area contributed by atoms with Gasteiger partial charge in [0.05, 0.1) is 6.10 Å². The van der Waals surface area contributed by atoms with E-state index in [2.05, 4.69) is 12.2 Å². The zero-order chi connectivity index (χ0) is 18.9. The molecule has 146 valence electrons. The minimum Gasteiger partial charge on any atom is -0.393 e. The number of aliphatic hydroxyl groups is 1. The van der Waals surface area contributed by atoms with Crippen molar-refractivity contribution in [1.29, 1.82) is 5.41 Å². The lowest BCUT2D eigenvalue weighted by atomic mass is 10.0. The Morgan fingerprint density at radius 3 is 2.32 bits per heavy atom. The molecule has 0 bridgehead atoms. The molecule has 5 heteroatoms. The van der Waals surface area contributed by atoms with E-state index in [-0.39, 0.29) is 11.7 Å². The number of unbranched alkanes of at least 4 members (excludes halogenated alkanes) is 3. The van der Waals surface area contributed by atoms with Crippen molar-refractivity contribution in [2.24, 2.45) is 0 Å². The Balaban J connectivity index is 3.52. The van der Waals surface area contributed by atoms with Gasteiger partial charge in [0.15, 0.2) is 0 Å². The van der Waals surface area contributed by atoms with Gasteiger partial charge in [-0.1, -0.05) is 33.1 Å². The number of carbonyl (C=O) groups is 2. The summed E-state index contributed by atoms with van der Waals surface area (Å²) in [5.74, 6) is 0.274. The van der Waals surface area contributed by atoms with Crippen LogP contribution < -0.4 is 5.32 Å². The molecule has 0 spiro atoms. The van der Waals surface area contributed by atoms with Crippen LogP contribution >= 0.6 is 0 Å². The van der Waals surface area contributed by atoms with Gasteiger partial charge in [0.25, 0.3) is 0 Å². The lowest BCUT2D eigenvalue weighted by Crippen LogP contribution is -2.24. The van der Waals surface area contributed by atoms with Gasteiger partial charge in [-0.2, -0.15) is 0 Å². The molecule has 0 aromatic rings. The summed E-state index contributed by atoms with van der Waals surface area (Å²) >= 11 is 0. The van der Waals surface area contributed by atoms with Gasteiger partial charge in [0.2, 0.25) is 5.91 Å². The first-order valence-corrected chi connectivity index (χ1v) is 10.0. The number of hydrogen-bond acceptors (Lipinski definition) is 4. The van der Waals surface area contributed by atoms with E-state index in [9.17, 15) is 14.7 Å². The van der Waals surface area contributed by atoms with Gasteiger partial charge in [-0.25, -0.2) is 0 Å². The molecule has 1 amide bonds. The molecule has 0 aliphatic carbocycles. The largest absolute Gasteiger partial charge is 0.393 e. The summed E-state index contributed by atoms with van der Waals surface area (Å²) in [6.07, 6.45) is 9.47. The van der Waals surface area contributed by atoms with E-state index in [1.54, 1.807) is 0 Å². The number of amides is 1. The molecule has 0 saturated carbocycles. The monoisotopic (exact) mass is 354 g/mol. The Labute approximate surface area is 153 Å². The zero-order valence-electron chi connectivity index (χ0n) is 16.2. The van der Waals surface area contributed by atoms with Crippen molar-refractivity contribution in [1.82, 2.24) is 5.32 Å². The third-order valence-electron chi connectivity index (χ3n) is 4.24. The maximum absolute atomic E-state index is 11.7. The number of Topliss-reactive ketones (excluding diaryl/α,β-unsaturated/α-hetero) is 1. The zero-order valence-corrected chi connectivity index (χ0v) is 16.2. The van der Waals surface area contributed by atoms with Crippen LogP contribution in [0.5, 0.6) is 0 Å². The van der Waals surface area contributed by atoms with Crippen LogP contribution in [0.3, 0.4) is 0 Å². The molecule has 3 N–H and O–H groups in total. The first-order chi connectivity index (χ1) is 12.0. The number of hydrogen-bond donors (Lipinski definition) is 3. The first kappa shape index (κ1) is 23.8. The van der Waals surface area contributed by atoms with Crippen LogP contribution in [0.25, 0.3) is 0 Å². The standard InChI is InChI=1S/C20H38N2O3/c1-3-5-6-11-18(23)13-9-14-20(25)22-15-8-7-12-19(24)16-17(21)10-4-2/h19,21,24H,3-16H2,1-2H3,(H,22,25). The van der Waals surface area contributed by atoms with Crippen molar-refractivity contribution < 1.29 is 14.7 Å². The van der Waals surface area contributed by atoms with Crippen molar-refractivity contribution >= 4 is 17.4 Å². The highest BCUT2D eigenvalue weighted by Crippen LogP contribution is 2.08. The Hall–Kier alpha value is -1.23. The molecule has 0 saturated heterocycles. The van der Waals surface area contributed by atoms with Crippen LogP contribution in [0.4, 0.5) is 0 Å². The highest BCUT2D eigenvalue weighted by atomic mass is 16.3. The van der Waals surface area contributed by atoms with Gasteiger partial charge in [0.1, 0.15) is 5.78 Å². The Morgan fingerprint density at radius 1 is 0.920 bits per heavy atom. The van der Waals surface area contributed by atoms with Gasteiger partial charge in [0, 0.05) is 37.9 Å². The maximum Gasteiger partial charge on any atom is 0.220 e. The van der Waals surface area contributed by atoms with Crippen LogP contribution in [0.2, 0.25) is 0 Å². The predicted molar refractivity (Wildman–Crippen MR) is 103 cm³/mol. The number of aliphatic hydroxyl groups excluding tert-OH is 1. The van der Waals surface area contributed by atoms with Gasteiger partial charge in [-0.3, -0.25) is 9.59 Å². The molecule has 0 aromatic heterocycles. The Kier molecular flexibility index (Phi) is 15.5. The minimum atomic E-state index is -0.437. The van der Waals surface area contributed by atoms with Gasteiger partial charge in [-0.15, -0.1) is 0 Å². The van der Waals surface area contributed by atoms with Crippen LogP contribution in [0.1, 0.15) is 97.3 Å². The summed E-state index contributed by atoms with van der Waals surface area (Å²) < 4.78 is 0. The van der Waals surface area contributed by atoms with E-state index in [0.717, 1.165) is 44.9 Å². The van der Waals surface area contributed by atoms with Gasteiger partial charge < -0.3 is 15.8 Å². The van der Waals surface area contributed by atoms with Gasteiger partial charge in [-0.05, 0) is 38.5 Å². The van der Waals surface area contributed by atoms with Gasteiger partial charge >= 0.3 is 0 Å². The van der Waals surface area contributed by atoms with Crippen molar-refractivity contribution in [3.63, 3.8) is 0 Å². The summed E-state index contributed by atoms with van der Waals surface area (Å²) in [5, 5.41) is 20.4. The number of rotatable bonds is 17. The molecular formula is C20H38N2O3. The van der Waals surface area contributed by atoms with E-state index in [1.807, 2.05) is 6.92 Å². The van der Waals surface area contributed by atoms with Crippen LogP contribution in [0, 0.1) is 5.41 Å². The maximum atomic E-state index is 11.7. The molecule has 1 unspecified atom stereocenters. The summed E-state index contributed by atoms with van der Waals surface area (Å²) in [7, 11) is 0. The highest BCUT2D eigenvalue weighted by molar-refractivity contribution is 5.81. The molecular weight excluding hydrogens is 316 g/mol. The molecule has 0 fully saturated rings. The minimum absolute atomic E-state index is 0.00614. The average molecular weight is 355 g/mol. The lowest BCUT2D eigenvalue weighted by molar-refractivity contribution is -0.121. The lowest BCUT2D eigenvalue weighted by Gasteiger charge is -2.11. The summed E-state index contributed by atoms with van der Waals surface area (Å²) in [6.45, 7) is 4.77. The number of carbonyl (C=O) groups excluding carboxylic acids is 2. The fourth-order valence-corrected chi connectivity index (χ4v) is 2.75. The number of ketones is 1. The normalized spacial score (nSPS) is 12.0. The van der Waals surface area contributed by atoms with E-state index in [4.69, 9.17) is 5.41 Å².